The summed E-state index contributed by atoms with van der Waals surface area (Å²) >= 11 is 1.57. The molecule has 17 heavy (non-hydrogen) atoms. The van der Waals surface area contributed by atoms with Crippen LogP contribution in [0.25, 0.3) is 0 Å². The van der Waals surface area contributed by atoms with E-state index in [9.17, 15) is 9.18 Å². The summed E-state index contributed by atoms with van der Waals surface area (Å²) in [7, 11) is 0. The molecule has 3 nitrogen and oxygen atoms in total. The van der Waals surface area contributed by atoms with Gasteiger partial charge in [0.15, 0.2) is 0 Å². The monoisotopic (exact) mass is 256 g/mol. The Balaban J connectivity index is 2.17. The van der Waals surface area contributed by atoms with Crippen LogP contribution < -0.4 is 11.1 Å². The van der Waals surface area contributed by atoms with E-state index in [0.717, 1.165) is 17.7 Å². The van der Waals surface area contributed by atoms with E-state index in [2.05, 4.69) is 5.32 Å². The van der Waals surface area contributed by atoms with Gasteiger partial charge >= 0.3 is 0 Å². The van der Waals surface area contributed by atoms with Crippen molar-refractivity contribution < 1.29 is 9.18 Å². The quantitative estimate of drug-likeness (QED) is 0.727. The average Bonchev–Trinajstić information content (AvgIpc) is 2.34. The lowest BCUT2D eigenvalue weighted by molar-refractivity contribution is -0.118. The fourth-order valence-corrected chi connectivity index (χ4v) is 2.01. The largest absolute Gasteiger partial charge is 0.351 e. The SMILES string of the molecule is NCCCSCC(=O)NCc1ccc(F)cc1. The van der Waals surface area contributed by atoms with Gasteiger partial charge in [-0.3, -0.25) is 4.79 Å². The van der Waals surface area contributed by atoms with Gasteiger partial charge in [-0.2, -0.15) is 11.8 Å². The lowest BCUT2D eigenvalue weighted by Crippen LogP contribution is -2.24. The molecule has 0 fully saturated rings. The van der Waals surface area contributed by atoms with Crippen molar-refractivity contribution in [2.24, 2.45) is 5.73 Å². The number of carbonyl (C=O) groups is 1. The van der Waals surface area contributed by atoms with Gasteiger partial charge in [-0.25, -0.2) is 4.39 Å². The number of rotatable bonds is 7. The Bertz CT molecular complexity index is 343. The third kappa shape index (κ3) is 6.28. The van der Waals surface area contributed by atoms with Crippen LogP contribution in [0.4, 0.5) is 4.39 Å². The highest BCUT2D eigenvalue weighted by Crippen LogP contribution is 2.03. The van der Waals surface area contributed by atoms with Crippen molar-refractivity contribution in [2.75, 3.05) is 18.1 Å². The molecule has 0 aromatic heterocycles. The molecule has 0 aliphatic carbocycles. The highest BCUT2D eigenvalue weighted by Gasteiger charge is 2.01. The van der Waals surface area contributed by atoms with Gasteiger partial charge in [0.05, 0.1) is 5.75 Å². The molecule has 0 aliphatic rings. The fourth-order valence-electron chi connectivity index (χ4n) is 1.20. The van der Waals surface area contributed by atoms with Gasteiger partial charge < -0.3 is 11.1 Å². The van der Waals surface area contributed by atoms with E-state index in [1.54, 1.807) is 23.9 Å². The lowest BCUT2D eigenvalue weighted by Gasteiger charge is -2.05. The van der Waals surface area contributed by atoms with Crippen molar-refractivity contribution in [1.82, 2.24) is 5.32 Å². The molecule has 1 aromatic carbocycles. The second-order valence-corrected chi connectivity index (χ2v) is 4.70. The van der Waals surface area contributed by atoms with Crippen molar-refractivity contribution in [2.45, 2.75) is 13.0 Å². The molecule has 1 amide bonds. The summed E-state index contributed by atoms with van der Waals surface area (Å²) in [5.74, 6) is 1.08. The van der Waals surface area contributed by atoms with Gasteiger partial charge in [0.2, 0.25) is 5.91 Å². The van der Waals surface area contributed by atoms with E-state index in [4.69, 9.17) is 5.73 Å². The number of nitrogens with two attached hydrogens (primary N) is 1. The second-order valence-electron chi connectivity index (χ2n) is 3.60. The van der Waals surface area contributed by atoms with Gasteiger partial charge in [-0.1, -0.05) is 12.1 Å². The highest BCUT2D eigenvalue weighted by molar-refractivity contribution is 7.99. The number of hydrogen-bond donors (Lipinski definition) is 2. The van der Waals surface area contributed by atoms with E-state index in [1.807, 2.05) is 0 Å². The number of amides is 1. The molecular formula is C12H17FN2OS. The van der Waals surface area contributed by atoms with Crippen LogP contribution in [0.2, 0.25) is 0 Å². The van der Waals surface area contributed by atoms with E-state index in [-0.39, 0.29) is 11.7 Å². The topological polar surface area (TPSA) is 55.1 Å². The molecule has 0 atom stereocenters. The standard InChI is InChI=1S/C12H17FN2OS/c13-11-4-2-10(3-5-11)8-15-12(16)9-17-7-1-6-14/h2-5H,1,6-9,14H2,(H,15,16). The highest BCUT2D eigenvalue weighted by atomic mass is 32.2. The molecule has 0 unspecified atom stereocenters. The Hall–Kier alpha value is -1.07. The van der Waals surface area contributed by atoms with Crippen LogP contribution in [-0.2, 0) is 11.3 Å². The maximum absolute atomic E-state index is 12.6. The molecule has 0 aliphatic heterocycles. The molecule has 94 valence electrons. The van der Waals surface area contributed by atoms with E-state index >= 15 is 0 Å². The van der Waals surface area contributed by atoms with E-state index < -0.39 is 0 Å². The maximum atomic E-state index is 12.6. The Labute approximate surface area is 105 Å². The summed E-state index contributed by atoms with van der Waals surface area (Å²) in [4.78, 5) is 11.4. The van der Waals surface area contributed by atoms with E-state index in [0.29, 0.717) is 18.8 Å². The lowest BCUT2D eigenvalue weighted by atomic mass is 10.2. The first-order valence-electron chi connectivity index (χ1n) is 5.51. The number of thioether (sulfide) groups is 1. The van der Waals surface area contributed by atoms with Crippen LogP contribution in [0.1, 0.15) is 12.0 Å². The van der Waals surface area contributed by atoms with Crippen molar-refractivity contribution in [3.05, 3.63) is 35.6 Å². The summed E-state index contributed by atoms with van der Waals surface area (Å²) in [5.41, 5.74) is 6.24. The van der Waals surface area contributed by atoms with E-state index in [1.165, 1.54) is 12.1 Å². The second kappa shape index (κ2) is 8.08. The van der Waals surface area contributed by atoms with Gasteiger partial charge in [0.25, 0.3) is 0 Å². The normalized spacial score (nSPS) is 10.2. The first-order chi connectivity index (χ1) is 8.22. The molecule has 3 N–H and O–H groups in total. The first kappa shape index (κ1) is 14.0. The Morgan fingerprint density at radius 2 is 2.06 bits per heavy atom. The number of nitrogens with one attached hydrogen (secondary N) is 1. The molecular weight excluding hydrogens is 239 g/mol. The molecule has 1 aromatic rings. The van der Waals surface area contributed by atoms with Crippen molar-refractivity contribution in [1.29, 1.82) is 0 Å². The number of halogens is 1. The van der Waals surface area contributed by atoms with Crippen LogP contribution in [0.15, 0.2) is 24.3 Å². The Morgan fingerprint density at radius 3 is 2.71 bits per heavy atom. The number of hydrogen-bond acceptors (Lipinski definition) is 3. The zero-order valence-corrected chi connectivity index (χ0v) is 10.4. The maximum Gasteiger partial charge on any atom is 0.230 e. The molecule has 0 radical (unpaired) electrons. The van der Waals surface area contributed by atoms with Crippen molar-refractivity contribution in [3.63, 3.8) is 0 Å². The van der Waals surface area contributed by atoms with Gasteiger partial charge in [-0.15, -0.1) is 0 Å². The van der Waals surface area contributed by atoms with Crippen molar-refractivity contribution in [3.8, 4) is 0 Å². The predicted molar refractivity (Wildman–Crippen MR) is 69.2 cm³/mol. The molecule has 0 saturated carbocycles. The summed E-state index contributed by atoms with van der Waals surface area (Å²) in [6, 6.07) is 6.10. The molecule has 5 heteroatoms. The third-order valence-electron chi connectivity index (χ3n) is 2.13. The third-order valence-corrected chi connectivity index (χ3v) is 3.17. The predicted octanol–water partition coefficient (Wildman–Crippen LogP) is 1.52. The molecule has 0 bridgehead atoms. The molecule has 0 saturated heterocycles. The number of carbonyl (C=O) groups excluding carboxylic acids is 1. The average molecular weight is 256 g/mol. The summed E-state index contributed by atoms with van der Waals surface area (Å²) in [6.45, 7) is 1.10. The summed E-state index contributed by atoms with van der Waals surface area (Å²) in [6.07, 6.45) is 0.926. The Kier molecular flexibility index (Phi) is 6.65. The van der Waals surface area contributed by atoms with Crippen LogP contribution in [0.5, 0.6) is 0 Å². The molecule has 0 heterocycles. The fraction of sp³-hybridized carbons (Fsp3) is 0.417. The summed E-state index contributed by atoms with van der Waals surface area (Å²) in [5, 5.41) is 2.78. The molecule has 0 spiro atoms. The zero-order valence-electron chi connectivity index (χ0n) is 9.62. The smallest absolute Gasteiger partial charge is 0.230 e. The number of benzene rings is 1. The van der Waals surface area contributed by atoms with Crippen molar-refractivity contribution >= 4 is 17.7 Å². The van der Waals surface area contributed by atoms with Gasteiger partial charge in [0, 0.05) is 6.54 Å². The van der Waals surface area contributed by atoms with Crippen LogP contribution in [-0.4, -0.2) is 24.0 Å². The van der Waals surface area contributed by atoms with Gasteiger partial charge in [-0.05, 0) is 36.4 Å². The zero-order chi connectivity index (χ0) is 12.5. The Morgan fingerprint density at radius 1 is 1.35 bits per heavy atom. The minimum absolute atomic E-state index is 0.00338. The summed E-state index contributed by atoms with van der Waals surface area (Å²) < 4.78 is 12.6. The van der Waals surface area contributed by atoms with Crippen LogP contribution >= 0.6 is 11.8 Å². The van der Waals surface area contributed by atoms with Gasteiger partial charge in [0.1, 0.15) is 5.82 Å². The minimum atomic E-state index is -0.266. The first-order valence-corrected chi connectivity index (χ1v) is 6.67. The molecule has 1 rings (SSSR count). The van der Waals surface area contributed by atoms with Crippen LogP contribution in [0.3, 0.4) is 0 Å². The van der Waals surface area contributed by atoms with Crippen LogP contribution in [0, 0.1) is 5.82 Å². The minimum Gasteiger partial charge on any atom is -0.351 e.